The standard InChI is InChI=1S/C29H32N4/c1-3-24(7-5-22-9-13-26(14-10-22)28-30-17-2-18-31-28)21-25(4-1)8-6-23-11-15-27(16-12-23)29-32-19-20-33-29/h1,3-4,9-16,21H,2,5-8,17-20H2,(H,30,31)(H,32,33). The summed E-state index contributed by atoms with van der Waals surface area (Å²) >= 11 is 0. The molecule has 0 fully saturated rings. The molecule has 0 bridgehead atoms. The van der Waals surface area contributed by atoms with E-state index in [4.69, 9.17) is 0 Å². The highest BCUT2D eigenvalue weighted by Crippen LogP contribution is 2.15. The predicted molar refractivity (Wildman–Crippen MR) is 138 cm³/mol. The first-order valence-corrected chi connectivity index (χ1v) is 12.2. The molecular weight excluding hydrogens is 404 g/mol. The summed E-state index contributed by atoms with van der Waals surface area (Å²) in [6, 6.07) is 26.8. The fourth-order valence-corrected chi connectivity index (χ4v) is 4.49. The van der Waals surface area contributed by atoms with Gasteiger partial charge in [-0.2, -0.15) is 0 Å². The minimum Gasteiger partial charge on any atom is -0.370 e. The van der Waals surface area contributed by atoms with Gasteiger partial charge in [-0.05, 0) is 54.4 Å². The number of aryl methyl sites for hydroxylation is 4. The van der Waals surface area contributed by atoms with E-state index in [9.17, 15) is 0 Å². The maximum atomic E-state index is 4.59. The van der Waals surface area contributed by atoms with Gasteiger partial charge in [-0.1, -0.05) is 72.8 Å². The lowest BCUT2D eigenvalue weighted by atomic mass is 9.98. The molecule has 33 heavy (non-hydrogen) atoms. The molecule has 2 aliphatic rings. The van der Waals surface area contributed by atoms with E-state index in [1.807, 2.05) is 0 Å². The molecule has 2 aliphatic heterocycles. The molecule has 4 heteroatoms. The largest absolute Gasteiger partial charge is 0.370 e. The fourth-order valence-electron chi connectivity index (χ4n) is 4.49. The fraction of sp³-hybridized carbons (Fsp3) is 0.310. The van der Waals surface area contributed by atoms with Gasteiger partial charge in [0.05, 0.1) is 6.54 Å². The Morgan fingerprint density at radius 3 is 1.55 bits per heavy atom. The Bertz CT molecular complexity index is 1130. The van der Waals surface area contributed by atoms with Gasteiger partial charge in [-0.3, -0.25) is 9.98 Å². The molecule has 0 unspecified atom stereocenters. The molecule has 0 aliphatic carbocycles. The zero-order valence-corrected chi connectivity index (χ0v) is 19.2. The monoisotopic (exact) mass is 436 g/mol. The van der Waals surface area contributed by atoms with Crippen LogP contribution < -0.4 is 10.6 Å². The van der Waals surface area contributed by atoms with Crippen LogP contribution >= 0.6 is 0 Å². The molecule has 0 atom stereocenters. The van der Waals surface area contributed by atoms with E-state index in [0.29, 0.717) is 0 Å². The van der Waals surface area contributed by atoms with Crippen LogP contribution in [0.25, 0.3) is 0 Å². The van der Waals surface area contributed by atoms with Crippen molar-refractivity contribution in [2.75, 3.05) is 26.2 Å². The molecule has 0 radical (unpaired) electrons. The van der Waals surface area contributed by atoms with Crippen LogP contribution in [0.1, 0.15) is 39.8 Å². The molecule has 0 saturated carbocycles. The van der Waals surface area contributed by atoms with Gasteiger partial charge in [0.2, 0.25) is 0 Å². The molecule has 0 saturated heterocycles. The highest BCUT2D eigenvalue weighted by atomic mass is 15.1. The Morgan fingerprint density at radius 1 is 0.545 bits per heavy atom. The second-order valence-electron chi connectivity index (χ2n) is 8.88. The van der Waals surface area contributed by atoms with Gasteiger partial charge in [0.1, 0.15) is 11.7 Å². The van der Waals surface area contributed by atoms with Gasteiger partial charge >= 0.3 is 0 Å². The quantitative estimate of drug-likeness (QED) is 0.552. The molecular formula is C29H32N4. The van der Waals surface area contributed by atoms with Gasteiger partial charge in [-0.25, -0.2) is 0 Å². The number of nitrogens with one attached hydrogen (secondary N) is 2. The summed E-state index contributed by atoms with van der Waals surface area (Å²) in [6.45, 7) is 3.78. The number of hydrogen-bond donors (Lipinski definition) is 2. The molecule has 0 amide bonds. The van der Waals surface area contributed by atoms with E-state index in [1.165, 1.54) is 33.4 Å². The van der Waals surface area contributed by atoms with Crippen LogP contribution in [0, 0.1) is 0 Å². The van der Waals surface area contributed by atoms with Crippen LogP contribution in [0.15, 0.2) is 82.8 Å². The summed E-state index contributed by atoms with van der Waals surface area (Å²) in [4.78, 5) is 9.09. The average molecular weight is 437 g/mol. The third kappa shape index (κ3) is 5.70. The maximum absolute atomic E-state index is 4.59. The van der Waals surface area contributed by atoms with Gasteiger partial charge in [0.15, 0.2) is 0 Å². The molecule has 3 aromatic carbocycles. The molecule has 2 N–H and O–H groups in total. The van der Waals surface area contributed by atoms with Crippen LogP contribution in [0.5, 0.6) is 0 Å². The second-order valence-corrected chi connectivity index (χ2v) is 8.88. The molecule has 2 heterocycles. The Labute approximate surface area is 196 Å². The van der Waals surface area contributed by atoms with Gasteiger partial charge in [0, 0.05) is 30.8 Å². The summed E-state index contributed by atoms with van der Waals surface area (Å²) in [6.07, 6.45) is 5.37. The first-order valence-electron chi connectivity index (χ1n) is 12.2. The van der Waals surface area contributed by atoms with Crippen LogP contribution in [0.4, 0.5) is 0 Å². The normalized spacial score (nSPS) is 15.4. The van der Waals surface area contributed by atoms with Gasteiger partial charge in [0.25, 0.3) is 0 Å². The van der Waals surface area contributed by atoms with Crippen molar-refractivity contribution in [3.8, 4) is 0 Å². The Balaban J connectivity index is 1.14. The minimum absolute atomic E-state index is 0.881. The number of benzene rings is 3. The highest BCUT2D eigenvalue weighted by Gasteiger charge is 2.08. The lowest BCUT2D eigenvalue weighted by molar-refractivity contribution is 0.742. The summed E-state index contributed by atoms with van der Waals surface area (Å²) in [5.74, 6) is 2.07. The SMILES string of the molecule is c1cc(CCc2ccc(C3=NCCCN3)cc2)cc(CCc2ccc(C3=NCCN3)cc2)c1. The molecule has 168 valence electrons. The maximum Gasteiger partial charge on any atom is 0.128 e. The number of aliphatic imine (C=N–C) groups is 2. The number of rotatable bonds is 8. The smallest absolute Gasteiger partial charge is 0.128 e. The van der Waals surface area contributed by atoms with Crippen molar-refractivity contribution in [3.63, 3.8) is 0 Å². The summed E-state index contributed by atoms with van der Waals surface area (Å²) < 4.78 is 0. The van der Waals surface area contributed by atoms with Crippen LogP contribution in [0.2, 0.25) is 0 Å². The molecule has 0 aromatic heterocycles. The molecule has 0 spiro atoms. The Morgan fingerprint density at radius 2 is 1.06 bits per heavy atom. The van der Waals surface area contributed by atoms with Gasteiger partial charge < -0.3 is 10.6 Å². The van der Waals surface area contributed by atoms with Crippen molar-refractivity contribution in [3.05, 3.63) is 106 Å². The summed E-state index contributed by atoms with van der Waals surface area (Å²) in [5.41, 5.74) is 7.96. The van der Waals surface area contributed by atoms with Crippen molar-refractivity contribution in [2.45, 2.75) is 32.1 Å². The van der Waals surface area contributed by atoms with E-state index in [-0.39, 0.29) is 0 Å². The lowest BCUT2D eigenvalue weighted by Crippen LogP contribution is -2.30. The third-order valence-electron chi connectivity index (χ3n) is 6.42. The van der Waals surface area contributed by atoms with Crippen LogP contribution in [-0.2, 0) is 25.7 Å². The van der Waals surface area contributed by atoms with Crippen molar-refractivity contribution in [1.29, 1.82) is 0 Å². The van der Waals surface area contributed by atoms with Crippen LogP contribution in [-0.4, -0.2) is 37.9 Å². The van der Waals surface area contributed by atoms with E-state index in [0.717, 1.165) is 70.0 Å². The van der Waals surface area contributed by atoms with Crippen molar-refractivity contribution >= 4 is 11.7 Å². The molecule has 5 rings (SSSR count). The molecule has 3 aromatic rings. The number of hydrogen-bond acceptors (Lipinski definition) is 4. The first-order chi connectivity index (χ1) is 16.3. The second kappa shape index (κ2) is 10.5. The van der Waals surface area contributed by atoms with E-state index >= 15 is 0 Å². The Kier molecular flexibility index (Phi) is 6.81. The van der Waals surface area contributed by atoms with Gasteiger partial charge in [-0.15, -0.1) is 0 Å². The Hall–Kier alpha value is -3.40. The van der Waals surface area contributed by atoms with E-state index in [1.54, 1.807) is 0 Å². The topological polar surface area (TPSA) is 48.8 Å². The zero-order valence-electron chi connectivity index (χ0n) is 19.2. The number of amidine groups is 2. The third-order valence-corrected chi connectivity index (χ3v) is 6.42. The average Bonchev–Trinajstić information content (AvgIpc) is 3.43. The van der Waals surface area contributed by atoms with Crippen LogP contribution in [0.3, 0.4) is 0 Å². The van der Waals surface area contributed by atoms with Crippen molar-refractivity contribution in [2.24, 2.45) is 9.98 Å². The zero-order chi connectivity index (χ0) is 22.3. The number of nitrogens with zero attached hydrogens (tertiary/aromatic N) is 2. The first kappa shape index (κ1) is 21.4. The summed E-state index contributed by atoms with van der Waals surface area (Å²) in [5, 5.41) is 6.74. The minimum atomic E-state index is 0.881. The highest BCUT2D eigenvalue weighted by molar-refractivity contribution is 6.00. The van der Waals surface area contributed by atoms with Crippen molar-refractivity contribution in [1.82, 2.24) is 10.6 Å². The van der Waals surface area contributed by atoms with E-state index < -0.39 is 0 Å². The summed E-state index contributed by atoms with van der Waals surface area (Å²) in [7, 11) is 0. The molecule has 4 nitrogen and oxygen atoms in total. The lowest BCUT2D eigenvalue weighted by Gasteiger charge is -2.14. The van der Waals surface area contributed by atoms with Crippen molar-refractivity contribution < 1.29 is 0 Å². The predicted octanol–water partition coefficient (Wildman–Crippen LogP) is 4.35. The van der Waals surface area contributed by atoms with E-state index in [2.05, 4.69) is 93.4 Å².